The summed E-state index contributed by atoms with van der Waals surface area (Å²) < 4.78 is 15.3. The van der Waals surface area contributed by atoms with Gasteiger partial charge in [0, 0.05) is 5.56 Å². The maximum absolute atomic E-state index is 12.2. The van der Waals surface area contributed by atoms with Crippen molar-refractivity contribution in [2.24, 2.45) is 0 Å². The minimum atomic E-state index is -0.769. The lowest BCUT2D eigenvalue weighted by atomic mass is 10.1. The van der Waals surface area contributed by atoms with Gasteiger partial charge in [0.25, 0.3) is 5.89 Å². The lowest BCUT2D eigenvalue weighted by molar-refractivity contribution is -0.140. The highest BCUT2D eigenvalue weighted by Gasteiger charge is 2.15. The SMILES string of the molecule is COc1ccc(/C=C(\C#N)C(=O)OCc2nc(-c3ccccc3C)no2)cc1. The molecule has 0 N–H and O–H groups in total. The summed E-state index contributed by atoms with van der Waals surface area (Å²) in [5.41, 5.74) is 2.37. The van der Waals surface area contributed by atoms with E-state index < -0.39 is 5.97 Å². The number of ether oxygens (including phenoxy) is 2. The monoisotopic (exact) mass is 375 g/mol. The van der Waals surface area contributed by atoms with Gasteiger partial charge in [-0.25, -0.2) is 4.79 Å². The van der Waals surface area contributed by atoms with Crippen LogP contribution in [0.5, 0.6) is 5.75 Å². The smallest absolute Gasteiger partial charge is 0.349 e. The summed E-state index contributed by atoms with van der Waals surface area (Å²) in [5, 5.41) is 13.1. The van der Waals surface area contributed by atoms with Crippen LogP contribution in [-0.2, 0) is 16.1 Å². The second kappa shape index (κ2) is 8.64. The number of nitrogens with zero attached hydrogens (tertiary/aromatic N) is 3. The van der Waals surface area contributed by atoms with Crippen LogP contribution in [0.1, 0.15) is 17.0 Å². The normalized spacial score (nSPS) is 11.0. The van der Waals surface area contributed by atoms with Crippen molar-refractivity contribution < 1.29 is 18.8 Å². The molecule has 0 amide bonds. The van der Waals surface area contributed by atoms with Crippen molar-refractivity contribution in [3.05, 3.63) is 71.1 Å². The zero-order valence-corrected chi connectivity index (χ0v) is 15.4. The van der Waals surface area contributed by atoms with Gasteiger partial charge in [0.2, 0.25) is 5.82 Å². The first-order chi connectivity index (χ1) is 13.6. The molecule has 0 aliphatic rings. The molecule has 0 saturated carbocycles. The van der Waals surface area contributed by atoms with E-state index in [4.69, 9.17) is 14.0 Å². The van der Waals surface area contributed by atoms with E-state index in [0.717, 1.165) is 11.1 Å². The van der Waals surface area contributed by atoms with Gasteiger partial charge in [-0.05, 0) is 36.3 Å². The molecular weight excluding hydrogens is 358 g/mol. The highest BCUT2D eigenvalue weighted by Crippen LogP contribution is 2.20. The van der Waals surface area contributed by atoms with Gasteiger partial charge in [-0.1, -0.05) is 41.6 Å². The van der Waals surface area contributed by atoms with Gasteiger partial charge in [0.05, 0.1) is 7.11 Å². The van der Waals surface area contributed by atoms with E-state index >= 15 is 0 Å². The molecule has 7 heteroatoms. The van der Waals surface area contributed by atoms with E-state index in [1.54, 1.807) is 31.4 Å². The maximum atomic E-state index is 12.2. The van der Waals surface area contributed by atoms with Crippen LogP contribution in [-0.4, -0.2) is 23.2 Å². The Balaban J connectivity index is 1.66. The molecule has 28 heavy (non-hydrogen) atoms. The lowest BCUT2D eigenvalue weighted by Crippen LogP contribution is -2.07. The minimum Gasteiger partial charge on any atom is -0.497 e. The Morgan fingerprint density at radius 3 is 2.64 bits per heavy atom. The number of hydrogen-bond acceptors (Lipinski definition) is 7. The number of carbonyl (C=O) groups excluding carboxylic acids is 1. The number of methoxy groups -OCH3 is 1. The van der Waals surface area contributed by atoms with Crippen LogP contribution in [0.15, 0.2) is 58.6 Å². The Labute approximate surface area is 161 Å². The number of carbonyl (C=O) groups is 1. The topological polar surface area (TPSA) is 98.2 Å². The lowest BCUT2D eigenvalue weighted by Gasteiger charge is -2.02. The average Bonchev–Trinajstić information content (AvgIpc) is 3.19. The zero-order valence-electron chi connectivity index (χ0n) is 15.4. The summed E-state index contributed by atoms with van der Waals surface area (Å²) in [5.74, 6) is 0.472. The van der Waals surface area contributed by atoms with E-state index in [0.29, 0.717) is 17.1 Å². The van der Waals surface area contributed by atoms with Crippen molar-refractivity contribution >= 4 is 12.0 Å². The molecule has 1 heterocycles. The van der Waals surface area contributed by atoms with Crippen LogP contribution in [0.25, 0.3) is 17.5 Å². The molecule has 0 radical (unpaired) electrons. The molecule has 1 aromatic heterocycles. The summed E-state index contributed by atoms with van der Waals surface area (Å²) in [6, 6.07) is 16.4. The summed E-state index contributed by atoms with van der Waals surface area (Å²) >= 11 is 0. The molecule has 0 atom stereocenters. The van der Waals surface area contributed by atoms with Crippen LogP contribution in [0, 0.1) is 18.3 Å². The van der Waals surface area contributed by atoms with Crippen LogP contribution in [0.4, 0.5) is 0 Å². The first kappa shape index (κ1) is 18.9. The largest absolute Gasteiger partial charge is 0.497 e. The second-order valence-corrected chi connectivity index (χ2v) is 5.85. The predicted molar refractivity (Wildman–Crippen MR) is 101 cm³/mol. The van der Waals surface area contributed by atoms with Gasteiger partial charge < -0.3 is 14.0 Å². The summed E-state index contributed by atoms with van der Waals surface area (Å²) in [7, 11) is 1.56. The quantitative estimate of drug-likeness (QED) is 0.368. The van der Waals surface area contributed by atoms with E-state index in [2.05, 4.69) is 10.1 Å². The van der Waals surface area contributed by atoms with Crippen LogP contribution >= 0.6 is 0 Å². The summed E-state index contributed by atoms with van der Waals surface area (Å²) in [6.07, 6.45) is 1.44. The van der Waals surface area contributed by atoms with Crippen LogP contribution < -0.4 is 4.74 Å². The Bertz CT molecular complexity index is 1050. The van der Waals surface area contributed by atoms with Gasteiger partial charge in [-0.2, -0.15) is 10.2 Å². The van der Waals surface area contributed by atoms with Gasteiger partial charge in [-0.15, -0.1) is 0 Å². The van der Waals surface area contributed by atoms with Crippen molar-refractivity contribution in [3.63, 3.8) is 0 Å². The molecule has 140 valence electrons. The second-order valence-electron chi connectivity index (χ2n) is 5.85. The predicted octanol–water partition coefficient (Wildman–Crippen LogP) is 3.70. The van der Waals surface area contributed by atoms with E-state index in [-0.39, 0.29) is 18.1 Å². The molecule has 0 aliphatic heterocycles. The summed E-state index contributed by atoms with van der Waals surface area (Å²) in [4.78, 5) is 16.4. The van der Waals surface area contributed by atoms with Gasteiger partial charge in [0.1, 0.15) is 17.4 Å². The minimum absolute atomic E-state index is 0.135. The number of esters is 1. The van der Waals surface area contributed by atoms with E-state index in [1.807, 2.05) is 37.3 Å². The molecule has 0 saturated heterocycles. The van der Waals surface area contributed by atoms with Crippen molar-refractivity contribution in [1.82, 2.24) is 10.1 Å². The first-order valence-corrected chi connectivity index (χ1v) is 8.42. The standard InChI is InChI=1S/C21H17N3O4/c1-14-5-3-4-6-18(14)20-23-19(28-24-20)13-27-21(25)16(12-22)11-15-7-9-17(26-2)10-8-15/h3-11H,13H2,1-2H3/b16-11+. The van der Waals surface area contributed by atoms with E-state index in [9.17, 15) is 10.1 Å². The molecule has 0 fully saturated rings. The van der Waals surface area contributed by atoms with Crippen molar-refractivity contribution in [2.75, 3.05) is 7.11 Å². The molecule has 0 unspecified atom stereocenters. The number of aryl methyl sites for hydroxylation is 1. The Morgan fingerprint density at radius 1 is 1.21 bits per heavy atom. The maximum Gasteiger partial charge on any atom is 0.349 e. The molecule has 3 aromatic rings. The zero-order chi connectivity index (χ0) is 19.9. The highest BCUT2D eigenvalue weighted by molar-refractivity contribution is 5.97. The molecule has 2 aromatic carbocycles. The average molecular weight is 375 g/mol. The van der Waals surface area contributed by atoms with E-state index in [1.165, 1.54) is 6.08 Å². The number of aromatic nitrogens is 2. The molecular formula is C21H17N3O4. The van der Waals surface area contributed by atoms with Crippen LogP contribution in [0.3, 0.4) is 0 Å². The van der Waals surface area contributed by atoms with Crippen molar-refractivity contribution in [3.8, 4) is 23.2 Å². The third-order valence-corrected chi connectivity index (χ3v) is 3.95. The Morgan fingerprint density at radius 2 is 1.96 bits per heavy atom. The van der Waals surface area contributed by atoms with Gasteiger partial charge >= 0.3 is 5.97 Å². The fraction of sp³-hybridized carbons (Fsp3) is 0.143. The van der Waals surface area contributed by atoms with Crippen molar-refractivity contribution in [2.45, 2.75) is 13.5 Å². The fourth-order valence-electron chi connectivity index (χ4n) is 2.46. The fourth-order valence-corrected chi connectivity index (χ4v) is 2.46. The molecule has 7 nitrogen and oxygen atoms in total. The third-order valence-electron chi connectivity index (χ3n) is 3.95. The number of hydrogen-bond donors (Lipinski definition) is 0. The molecule has 0 aliphatic carbocycles. The first-order valence-electron chi connectivity index (χ1n) is 8.42. The molecule has 0 spiro atoms. The highest BCUT2D eigenvalue weighted by atomic mass is 16.6. The summed E-state index contributed by atoms with van der Waals surface area (Å²) in [6.45, 7) is 1.72. The molecule has 0 bridgehead atoms. The van der Waals surface area contributed by atoms with Gasteiger partial charge in [0.15, 0.2) is 6.61 Å². The Hall–Kier alpha value is -3.92. The third kappa shape index (κ3) is 4.43. The number of nitriles is 1. The van der Waals surface area contributed by atoms with Crippen molar-refractivity contribution in [1.29, 1.82) is 5.26 Å². The number of rotatable bonds is 6. The van der Waals surface area contributed by atoms with Crippen LogP contribution in [0.2, 0.25) is 0 Å². The Kier molecular flexibility index (Phi) is 5.82. The van der Waals surface area contributed by atoms with Gasteiger partial charge in [-0.3, -0.25) is 0 Å². The molecule has 3 rings (SSSR count). The number of benzene rings is 2.